The number of aromatic nitrogens is 2. The normalized spacial score (nSPS) is 11.1. The fraction of sp³-hybridized carbons (Fsp3) is 0.364. The zero-order chi connectivity index (χ0) is 20.4. The summed E-state index contributed by atoms with van der Waals surface area (Å²) in [5.41, 5.74) is 6.38. The van der Waals surface area contributed by atoms with Crippen molar-refractivity contribution in [2.24, 2.45) is 7.05 Å². The molecule has 0 fully saturated rings. The Kier molecular flexibility index (Phi) is 6.01. The van der Waals surface area contributed by atoms with Crippen LogP contribution in [0.2, 0.25) is 0 Å². The molecule has 148 valence electrons. The molecule has 0 saturated carbocycles. The topological polar surface area (TPSA) is 39.5 Å². The third kappa shape index (κ3) is 3.88. The molecule has 6 heteroatoms. The van der Waals surface area contributed by atoms with Crippen molar-refractivity contribution in [3.63, 3.8) is 0 Å². The summed E-state index contributed by atoms with van der Waals surface area (Å²) in [5.74, 6) is 1.58. The Labute approximate surface area is 171 Å². The van der Waals surface area contributed by atoms with Crippen molar-refractivity contribution in [1.29, 1.82) is 0 Å². The average molecular weight is 398 g/mol. The number of fused-ring (bicyclic) bond motifs is 1. The van der Waals surface area contributed by atoms with Crippen molar-refractivity contribution >= 4 is 28.2 Å². The van der Waals surface area contributed by atoms with Crippen LogP contribution < -0.4 is 4.74 Å². The maximum absolute atomic E-state index is 6.29. The van der Waals surface area contributed by atoms with E-state index in [1.165, 1.54) is 16.7 Å². The van der Waals surface area contributed by atoms with Gasteiger partial charge < -0.3 is 18.9 Å². The van der Waals surface area contributed by atoms with Crippen LogP contribution in [0.5, 0.6) is 5.75 Å². The predicted molar refractivity (Wildman–Crippen MR) is 117 cm³/mol. The second kappa shape index (κ2) is 8.29. The minimum atomic E-state index is 0.439. The van der Waals surface area contributed by atoms with Gasteiger partial charge in [-0.15, -0.1) is 0 Å². The van der Waals surface area contributed by atoms with Gasteiger partial charge in [0.25, 0.3) is 0 Å². The van der Waals surface area contributed by atoms with E-state index < -0.39 is 0 Å². The van der Waals surface area contributed by atoms with E-state index in [1.807, 2.05) is 36.7 Å². The molecule has 1 heterocycles. The van der Waals surface area contributed by atoms with Gasteiger partial charge in [-0.05, 0) is 42.7 Å². The van der Waals surface area contributed by atoms with Crippen LogP contribution in [-0.4, -0.2) is 40.6 Å². The van der Waals surface area contributed by atoms with E-state index in [0.29, 0.717) is 13.2 Å². The number of thiocarbonyl (C=S) groups is 1. The van der Waals surface area contributed by atoms with Gasteiger partial charge in [0.15, 0.2) is 0 Å². The van der Waals surface area contributed by atoms with Crippen LogP contribution in [0.4, 0.5) is 0 Å². The molecule has 0 N–H and O–H groups in total. The highest BCUT2D eigenvalue weighted by molar-refractivity contribution is 7.80. The number of benzene rings is 2. The van der Waals surface area contributed by atoms with Crippen molar-refractivity contribution in [3.8, 4) is 5.75 Å². The van der Waals surface area contributed by atoms with E-state index in [9.17, 15) is 0 Å². The number of aryl methyl sites for hydroxylation is 3. The van der Waals surface area contributed by atoms with Crippen LogP contribution in [-0.2, 0) is 25.0 Å². The first-order chi connectivity index (χ1) is 13.3. The van der Waals surface area contributed by atoms with E-state index in [0.717, 1.165) is 33.2 Å². The molecule has 0 saturated heterocycles. The number of imidazole rings is 1. The smallest absolute Gasteiger partial charge is 0.148 e. The number of nitrogens with zero attached hydrogens (tertiary/aromatic N) is 3. The summed E-state index contributed by atoms with van der Waals surface area (Å²) < 4.78 is 13.6. The van der Waals surface area contributed by atoms with E-state index in [2.05, 4.69) is 38.1 Å². The highest BCUT2D eigenvalue weighted by atomic mass is 32.1. The van der Waals surface area contributed by atoms with Gasteiger partial charge in [0, 0.05) is 33.8 Å². The molecule has 0 aliphatic rings. The minimum absolute atomic E-state index is 0.439. The summed E-state index contributed by atoms with van der Waals surface area (Å²) in [6.45, 7) is 5.14. The number of hydrogen-bond acceptors (Lipinski definition) is 4. The third-order valence-corrected chi connectivity index (χ3v) is 5.59. The maximum Gasteiger partial charge on any atom is 0.148 e. The predicted octanol–water partition coefficient (Wildman–Crippen LogP) is 4.15. The largest absolute Gasteiger partial charge is 0.487 e. The lowest BCUT2D eigenvalue weighted by Gasteiger charge is -2.16. The van der Waals surface area contributed by atoms with Gasteiger partial charge >= 0.3 is 0 Å². The summed E-state index contributed by atoms with van der Waals surface area (Å²) in [6, 6.07) is 10.3. The lowest BCUT2D eigenvalue weighted by Crippen LogP contribution is -2.20. The fourth-order valence-corrected chi connectivity index (χ4v) is 3.40. The molecule has 2 aromatic carbocycles. The molecule has 0 radical (unpaired) electrons. The number of hydrogen-bond donors (Lipinski definition) is 0. The molecule has 0 aliphatic carbocycles. The van der Waals surface area contributed by atoms with Crippen molar-refractivity contribution in [1.82, 2.24) is 14.5 Å². The molecular formula is C22H27N3O2S. The molecule has 3 aromatic rings. The molecule has 0 spiro atoms. The summed E-state index contributed by atoms with van der Waals surface area (Å²) in [6.07, 6.45) is 0. The van der Waals surface area contributed by atoms with Gasteiger partial charge in [-0.3, -0.25) is 0 Å². The Hall–Kier alpha value is -2.44. The van der Waals surface area contributed by atoms with Crippen LogP contribution in [0.25, 0.3) is 11.0 Å². The van der Waals surface area contributed by atoms with Crippen LogP contribution in [0.3, 0.4) is 0 Å². The monoisotopic (exact) mass is 397 g/mol. The maximum atomic E-state index is 6.29. The van der Waals surface area contributed by atoms with Crippen molar-refractivity contribution in [2.45, 2.75) is 27.1 Å². The fourth-order valence-electron chi connectivity index (χ4n) is 3.28. The lowest BCUT2D eigenvalue weighted by molar-refractivity contribution is 0.175. The highest BCUT2D eigenvalue weighted by Gasteiger charge is 2.17. The number of methoxy groups -OCH3 is 1. The Morgan fingerprint density at radius 1 is 1.14 bits per heavy atom. The Morgan fingerprint density at radius 3 is 2.43 bits per heavy atom. The lowest BCUT2D eigenvalue weighted by atomic mass is 10.0. The van der Waals surface area contributed by atoms with Crippen molar-refractivity contribution < 1.29 is 9.47 Å². The van der Waals surface area contributed by atoms with Crippen LogP contribution in [0.15, 0.2) is 30.3 Å². The molecule has 0 bridgehead atoms. The Bertz CT molecular complexity index is 1000. The zero-order valence-electron chi connectivity index (χ0n) is 17.4. The molecule has 0 atom stereocenters. The van der Waals surface area contributed by atoms with Gasteiger partial charge in [0.05, 0.1) is 5.52 Å². The second-order valence-electron chi connectivity index (χ2n) is 7.22. The minimum Gasteiger partial charge on any atom is -0.487 e. The number of ether oxygens (including phenoxy) is 2. The van der Waals surface area contributed by atoms with E-state index in [1.54, 1.807) is 7.11 Å². The molecule has 0 unspecified atom stereocenters. The van der Waals surface area contributed by atoms with Gasteiger partial charge in [-0.1, -0.05) is 30.4 Å². The van der Waals surface area contributed by atoms with Crippen molar-refractivity contribution in [3.05, 3.63) is 58.4 Å². The molecule has 28 heavy (non-hydrogen) atoms. The van der Waals surface area contributed by atoms with Gasteiger partial charge in [-0.25, -0.2) is 4.98 Å². The van der Waals surface area contributed by atoms with E-state index >= 15 is 0 Å². The van der Waals surface area contributed by atoms with E-state index in [4.69, 9.17) is 26.7 Å². The van der Waals surface area contributed by atoms with Crippen LogP contribution in [0, 0.1) is 13.8 Å². The molecule has 5 nitrogen and oxygen atoms in total. The second-order valence-corrected chi connectivity index (χ2v) is 7.61. The average Bonchev–Trinajstić information content (AvgIpc) is 2.97. The zero-order valence-corrected chi connectivity index (χ0v) is 18.2. The summed E-state index contributed by atoms with van der Waals surface area (Å²) in [4.78, 5) is 7.45. The van der Waals surface area contributed by atoms with Crippen LogP contribution in [0.1, 0.15) is 28.1 Å². The molecular weight excluding hydrogens is 370 g/mol. The Morgan fingerprint density at radius 2 is 1.82 bits per heavy atom. The van der Waals surface area contributed by atoms with Gasteiger partial charge in [0.1, 0.15) is 35.3 Å². The Balaban J connectivity index is 2.08. The van der Waals surface area contributed by atoms with E-state index in [-0.39, 0.29) is 0 Å². The molecule has 3 rings (SSSR count). The third-order valence-electron chi connectivity index (χ3n) is 4.99. The quantitative estimate of drug-likeness (QED) is 0.584. The summed E-state index contributed by atoms with van der Waals surface area (Å²) >= 11 is 5.60. The molecule has 0 amide bonds. The first-order valence-electron chi connectivity index (χ1n) is 9.21. The highest BCUT2D eigenvalue weighted by Crippen LogP contribution is 2.30. The van der Waals surface area contributed by atoms with Gasteiger partial charge in [0.2, 0.25) is 0 Å². The SMILES string of the molecule is COCc1nc2c(OCc3c(C)cccc3C)cc(C(=S)N(C)C)cc2n1C. The van der Waals surface area contributed by atoms with Crippen molar-refractivity contribution in [2.75, 3.05) is 21.2 Å². The molecule has 0 aliphatic heterocycles. The van der Waals surface area contributed by atoms with Crippen LogP contribution >= 0.6 is 12.2 Å². The summed E-state index contributed by atoms with van der Waals surface area (Å²) in [5, 5.41) is 0. The first-order valence-corrected chi connectivity index (χ1v) is 9.62. The first kappa shape index (κ1) is 20.3. The standard InChI is InChI=1S/C22H27N3O2S/c1-14-8-7-9-15(2)17(14)12-27-19-11-16(22(28)24(3)4)10-18-21(19)23-20(13-26-6)25(18)5/h7-11H,12-13H2,1-6H3. The van der Waals surface area contributed by atoms with Gasteiger partial charge in [-0.2, -0.15) is 0 Å². The molecule has 1 aromatic heterocycles. The number of rotatable bonds is 6. The summed E-state index contributed by atoms with van der Waals surface area (Å²) in [7, 11) is 7.55.